The highest BCUT2D eigenvalue weighted by molar-refractivity contribution is 5.82. The third-order valence-corrected chi connectivity index (χ3v) is 2.80. The quantitative estimate of drug-likeness (QED) is 0.723. The highest BCUT2D eigenvalue weighted by Gasteiger charge is 2.04. The smallest absolute Gasteiger partial charge is 0.159 e. The van der Waals surface area contributed by atoms with E-state index < -0.39 is 0 Å². The molecule has 0 atom stereocenters. The minimum atomic E-state index is -0.135. The van der Waals surface area contributed by atoms with Crippen LogP contribution in [0.25, 0.3) is 10.9 Å². The highest BCUT2D eigenvalue weighted by Crippen LogP contribution is 2.29. The zero-order chi connectivity index (χ0) is 13.1. The lowest BCUT2D eigenvalue weighted by Gasteiger charge is -2.08. The standard InChI is InChI=1S/C14H18N2O2/c1-9(2)15-4-3-10-5-11-6-13(17)14(18)7-12(11)16-8-10/h5-9,15,17-18H,3-4H2,1-2H3. The second kappa shape index (κ2) is 5.23. The SMILES string of the molecule is CC(C)NCCc1cnc2cc(O)c(O)cc2c1. The minimum Gasteiger partial charge on any atom is -0.504 e. The summed E-state index contributed by atoms with van der Waals surface area (Å²) in [5.41, 5.74) is 1.80. The molecule has 1 aromatic carbocycles. The lowest BCUT2D eigenvalue weighted by molar-refractivity contribution is 0.405. The first-order valence-corrected chi connectivity index (χ1v) is 6.10. The van der Waals surface area contributed by atoms with Crippen LogP contribution < -0.4 is 5.32 Å². The molecule has 0 radical (unpaired) electrons. The Morgan fingerprint density at radius 3 is 2.61 bits per heavy atom. The normalized spacial score (nSPS) is 11.3. The van der Waals surface area contributed by atoms with E-state index >= 15 is 0 Å². The first kappa shape index (κ1) is 12.6. The van der Waals surface area contributed by atoms with Crippen LogP contribution in [0.15, 0.2) is 24.4 Å². The Bertz CT molecular complexity index is 553. The summed E-state index contributed by atoms with van der Waals surface area (Å²) in [6.07, 6.45) is 2.70. The van der Waals surface area contributed by atoms with Crippen molar-refractivity contribution in [3.05, 3.63) is 30.0 Å². The van der Waals surface area contributed by atoms with E-state index in [4.69, 9.17) is 0 Å². The number of nitrogens with one attached hydrogen (secondary N) is 1. The predicted molar refractivity (Wildman–Crippen MR) is 71.9 cm³/mol. The summed E-state index contributed by atoms with van der Waals surface area (Å²) in [7, 11) is 0. The lowest BCUT2D eigenvalue weighted by Crippen LogP contribution is -2.24. The molecular formula is C14H18N2O2. The molecule has 0 saturated heterocycles. The molecule has 0 bridgehead atoms. The van der Waals surface area contributed by atoms with Crippen molar-refractivity contribution in [2.75, 3.05) is 6.54 Å². The Labute approximate surface area is 106 Å². The molecule has 0 aliphatic heterocycles. The first-order valence-electron chi connectivity index (χ1n) is 6.10. The maximum Gasteiger partial charge on any atom is 0.159 e. The molecule has 1 heterocycles. The van der Waals surface area contributed by atoms with Crippen molar-refractivity contribution in [2.45, 2.75) is 26.3 Å². The van der Waals surface area contributed by atoms with Gasteiger partial charge in [0.25, 0.3) is 0 Å². The maximum absolute atomic E-state index is 9.47. The van der Waals surface area contributed by atoms with Crippen molar-refractivity contribution >= 4 is 10.9 Å². The van der Waals surface area contributed by atoms with Crippen molar-refractivity contribution < 1.29 is 10.2 Å². The Morgan fingerprint density at radius 1 is 1.17 bits per heavy atom. The molecule has 0 aliphatic rings. The van der Waals surface area contributed by atoms with E-state index in [1.54, 1.807) is 6.20 Å². The monoisotopic (exact) mass is 246 g/mol. The van der Waals surface area contributed by atoms with Gasteiger partial charge in [-0.3, -0.25) is 4.98 Å². The van der Waals surface area contributed by atoms with Gasteiger partial charge in [-0.1, -0.05) is 13.8 Å². The summed E-state index contributed by atoms with van der Waals surface area (Å²) in [6.45, 7) is 5.12. The molecule has 18 heavy (non-hydrogen) atoms. The van der Waals surface area contributed by atoms with Crippen LogP contribution in [-0.4, -0.2) is 27.8 Å². The summed E-state index contributed by atoms with van der Waals surface area (Å²) < 4.78 is 0. The molecule has 0 spiro atoms. The number of aromatic nitrogens is 1. The average Bonchev–Trinajstić information content (AvgIpc) is 2.30. The number of aromatic hydroxyl groups is 2. The van der Waals surface area contributed by atoms with Crippen LogP contribution in [0.3, 0.4) is 0 Å². The summed E-state index contributed by atoms with van der Waals surface area (Å²) >= 11 is 0. The molecule has 0 unspecified atom stereocenters. The summed E-state index contributed by atoms with van der Waals surface area (Å²) in [5, 5.41) is 23.0. The van der Waals surface area contributed by atoms with E-state index in [2.05, 4.69) is 24.1 Å². The predicted octanol–water partition coefficient (Wildman–Crippen LogP) is 2.19. The maximum atomic E-state index is 9.47. The van der Waals surface area contributed by atoms with Crippen LogP contribution in [0.4, 0.5) is 0 Å². The van der Waals surface area contributed by atoms with E-state index in [0.717, 1.165) is 23.9 Å². The van der Waals surface area contributed by atoms with Crippen molar-refractivity contribution in [2.24, 2.45) is 0 Å². The molecule has 0 amide bonds. The van der Waals surface area contributed by atoms with Gasteiger partial charge in [0.2, 0.25) is 0 Å². The second-order valence-electron chi connectivity index (χ2n) is 4.74. The van der Waals surface area contributed by atoms with E-state index in [1.165, 1.54) is 12.1 Å². The fourth-order valence-electron chi connectivity index (χ4n) is 1.84. The number of pyridine rings is 1. The average molecular weight is 246 g/mol. The van der Waals surface area contributed by atoms with Crippen LogP contribution in [0.1, 0.15) is 19.4 Å². The molecule has 0 fully saturated rings. The minimum absolute atomic E-state index is 0.109. The molecule has 0 saturated carbocycles. The first-order chi connectivity index (χ1) is 8.56. The van der Waals surface area contributed by atoms with Crippen molar-refractivity contribution in [3.63, 3.8) is 0 Å². The van der Waals surface area contributed by atoms with Crippen LogP contribution in [0, 0.1) is 0 Å². The number of nitrogens with zero attached hydrogens (tertiary/aromatic N) is 1. The van der Waals surface area contributed by atoms with E-state index in [-0.39, 0.29) is 11.5 Å². The Morgan fingerprint density at radius 2 is 1.89 bits per heavy atom. The van der Waals surface area contributed by atoms with E-state index in [1.807, 2.05) is 6.07 Å². The van der Waals surface area contributed by atoms with Gasteiger partial charge in [-0.2, -0.15) is 0 Å². The highest BCUT2D eigenvalue weighted by atomic mass is 16.3. The van der Waals surface area contributed by atoms with Gasteiger partial charge in [-0.05, 0) is 30.7 Å². The Balaban J connectivity index is 2.19. The number of hydrogen-bond acceptors (Lipinski definition) is 4. The van der Waals surface area contributed by atoms with Gasteiger partial charge in [-0.15, -0.1) is 0 Å². The molecule has 4 heteroatoms. The van der Waals surface area contributed by atoms with Crippen LogP contribution >= 0.6 is 0 Å². The van der Waals surface area contributed by atoms with Gasteiger partial charge in [0.05, 0.1) is 5.52 Å². The number of phenolic OH excluding ortho intramolecular Hbond substituents is 2. The molecule has 1 aromatic heterocycles. The van der Waals surface area contributed by atoms with Gasteiger partial charge < -0.3 is 15.5 Å². The zero-order valence-electron chi connectivity index (χ0n) is 10.6. The number of fused-ring (bicyclic) bond motifs is 1. The largest absolute Gasteiger partial charge is 0.504 e. The van der Waals surface area contributed by atoms with Crippen LogP contribution in [0.5, 0.6) is 11.5 Å². The molecular weight excluding hydrogens is 228 g/mol. The van der Waals surface area contributed by atoms with Gasteiger partial charge in [0, 0.05) is 23.7 Å². The fraction of sp³-hybridized carbons (Fsp3) is 0.357. The third kappa shape index (κ3) is 2.90. The summed E-state index contributed by atoms with van der Waals surface area (Å²) in [6, 6.07) is 5.47. The topological polar surface area (TPSA) is 65.4 Å². The number of rotatable bonds is 4. The van der Waals surface area contributed by atoms with Gasteiger partial charge in [0.15, 0.2) is 11.5 Å². The molecule has 4 nitrogen and oxygen atoms in total. The Kier molecular flexibility index (Phi) is 3.67. The van der Waals surface area contributed by atoms with Gasteiger partial charge >= 0.3 is 0 Å². The molecule has 96 valence electrons. The number of benzene rings is 1. The van der Waals surface area contributed by atoms with E-state index in [0.29, 0.717) is 11.6 Å². The van der Waals surface area contributed by atoms with Crippen LogP contribution in [-0.2, 0) is 6.42 Å². The number of phenols is 2. The van der Waals surface area contributed by atoms with E-state index in [9.17, 15) is 10.2 Å². The summed E-state index contributed by atoms with van der Waals surface area (Å²) in [5.74, 6) is -0.244. The third-order valence-electron chi connectivity index (χ3n) is 2.80. The molecule has 2 aromatic rings. The Hall–Kier alpha value is -1.81. The van der Waals surface area contributed by atoms with Crippen molar-refractivity contribution in [3.8, 4) is 11.5 Å². The van der Waals surface area contributed by atoms with Crippen molar-refractivity contribution in [1.82, 2.24) is 10.3 Å². The van der Waals surface area contributed by atoms with Crippen molar-refractivity contribution in [1.29, 1.82) is 0 Å². The second-order valence-corrected chi connectivity index (χ2v) is 4.74. The fourth-order valence-corrected chi connectivity index (χ4v) is 1.84. The molecule has 3 N–H and O–H groups in total. The van der Waals surface area contributed by atoms with Gasteiger partial charge in [0.1, 0.15) is 0 Å². The summed E-state index contributed by atoms with van der Waals surface area (Å²) in [4.78, 5) is 4.28. The zero-order valence-corrected chi connectivity index (χ0v) is 10.6. The van der Waals surface area contributed by atoms with Crippen LogP contribution in [0.2, 0.25) is 0 Å². The number of hydrogen-bond donors (Lipinski definition) is 3. The lowest BCUT2D eigenvalue weighted by atomic mass is 10.1. The molecule has 2 rings (SSSR count). The van der Waals surface area contributed by atoms with Gasteiger partial charge in [-0.25, -0.2) is 0 Å². The molecule has 0 aliphatic carbocycles.